The summed E-state index contributed by atoms with van der Waals surface area (Å²) < 4.78 is 2.38. The van der Waals surface area contributed by atoms with Gasteiger partial charge in [0.1, 0.15) is 0 Å². The molecule has 0 bridgehead atoms. The van der Waals surface area contributed by atoms with Crippen LogP contribution in [-0.2, 0) is 0 Å². The van der Waals surface area contributed by atoms with Crippen molar-refractivity contribution in [3.8, 4) is 0 Å². The van der Waals surface area contributed by atoms with Gasteiger partial charge in [0.05, 0.1) is 0 Å². The first-order chi connectivity index (χ1) is 9.24. The third-order valence-corrected chi connectivity index (χ3v) is 6.03. The van der Waals surface area contributed by atoms with Gasteiger partial charge in [-0.25, -0.2) is 0 Å². The molecule has 1 aromatic heterocycles. The first-order valence-corrected chi connectivity index (χ1v) is 8.91. The Morgan fingerprint density at radius 3 is 2.74 bits per heavy atom. The predicted octanol–water partition coefficient (Wildman–Crippen LogP) is 5.13. The zero-order chi connectivity index (χ0) is 13.2. The van der Waals surface area contributed by atoms with Crippen LogP contribution in [-0.4, -0.2) is 13.1 Å². The molecule has 2 aromatic rings. The fraction of sp³-hybridized carbons (Fsp3) is 0.333. The van der Waals surface area contributed by atoms with Crippen LogP contribution >= 0.6 is 43.2 Å². The van der Waals surface area contributed by atoms with E-state index in [1.54, 1.807) is 0 Å². The molecule has 1 aromatic carbocycles. The first-order valence-electron chi connectivity index (χ1n) is 6.44. The molecule has 2 heterocycles. The minimum atomic E-state index is 0.566. The molecule has 1 nitrogen and oxygen atoms in total. The van der Waals surface area contributed by atoms with Crippen molar-refractivity contribution in [1.29, 1.82) is 0 Å². The van der Waals surface area contributed by atoms with Gasteiger partial charge in [-0.2, -0.15) is 0 Å². The van der Waals surface area contributed by atoms with Gasteiger partial charge in [0.15, 0.2) is 0 Å². The van der Waals surface area contributed by atoms with Gasteiger partial charge in [-0.15, -0.1) is 11.3 Å². The number of piperidine rings is 1. The Hall–Kier alpha value is -0.160. The molecule has 1 aliphatic rings. The summed E-state index contributed by atoms with van der Waals surface area (Å²) in [5, 5.41) is 5.73. The van der Waals surface area contributed by atoms with Crippen LogP contribution in [0.4, 0.5) is 0 Å². The van der Waals surface area contributed by atoms with Gasteiger partial charge in [-0.3, -0.25) is 0 Å². The van der Waals surface area contributed by atoms with Gasteiger partial charge < -0.3 is 5.32 Å². The van der Waals surface area contributed by atoms with E-state index in [-0.39, 0.29) is 0 Å². The van der Waals surface area contributed by atoms with Crippen LogP contribution in [0.5, 0.6) is 0 Å². The maximum Gasteiger partial charge on any atom is 0.0285 e. The molecule has 0 aliphatic carbocycles. The largest absolute Gasteiger partial charge is 0.316 e. The summed E-state index contributed by atoms with van der Waals surface area (Å²) in [5.41, 5.74) is 1.43. The molecule has 2 atom stereocenters. The summed E-state index contributed by atoms with van der Waals surface area (Å²) in [6.45, 7) is 2.18. The Morgan fingerprint density at radius 2 is 2.00 bits per heavy atom. The van der Waals surface area contributed by atoms with Crippen LogP contribution in [0.2, 0.25) is 0 Å². The Kier molecular flexibility index (Phi) is 4.42. The molecule has 100 valence electrons. The fourth-order valence-corrected chi connectivity index (χ4v) is 4.87. The second kappa shape index (κ2) is 6.08. The molecular weight excluding hydrogens is 386 g/mol. The maximum atomic E-state index is 3.58. The van der Waals surface area contributed by atoms with E-state index >= 15 is 0 Å². The summed E-state index contributed by atoms with van der Waals surface area (Å²) in [7, 11) is 0. The van der Waals surface area contributed by atoms with Crippen LogP contribution in [0.25, 0.3) is 0 Å². The van der Waals surface area contributed by atoms with E-state index in [0.29, 0.717) is 11.8 Å². The zero-order valence-electron chi connectivity index (χ0n) is 10.4. The van der Waals surface area contributed by atoms with E-state index in [1.165, 1.54) is 25.8 Å². The fourth-order valence-electron chi connectivity index (χ4n) is 2.81. The monoisotopic (exact) mass is 399 g/mol. The maximum absolute atomic E-state index is 3.58. The minimum Gasteiger partial charge on any atom is -0.316 e. The number of thiophene rings is 1. The van der Waals surface area contributed by atoms with Crippen molar-refractivity contribution in [2.75, 3.05) is 13.1 Å². The topological polar surface area (TPSA) is 12.0 Å². The van der Waals surface area contributed by atoms with E-state index in [4.69, 9.17) is 0 Å². The Bertz CT molecular complexity index is 567. The normalized spacial score (nSPS) is 23.5. The van der Waals surface area contributed by atoms with E-state index in [0.717, 1.165) is 13.1 Å². The molecule has 1 fully saturated rings. The van der Waals surface area contributed by atoms with E-state index in [9.17, 15) is 0 Å². The molecule has 0 spiro atoms. The average molecular weight is 401 g/mol. The molecule has 0 radical (unpaired) electrons. The van der Waals surface area contributed by atoms with Crippen molar-refractivity contribution in [1.82, 2.24) is 5.32 Å². The smallest absolute Gasteiger partial charge is 0.0285 e. The summed E-state index contributed by atoms with van der Waals surface area (Å²) in [5.74, 6) is 1.20. The first kappa shape index (κ1) is 13.8. The molecular formula is C15H15Br2NS. The van der Waals surface area contributed by atoms with Crippen molar-refractivity contribution in [3.63, 3.8) is 0 Å². The van der Waals surface area contributed by atoms with Crippen molar-refractivity contribution in [2.24, 2.45) is 0 Å². The third-order valence-electron chi connectivity index (χ3n) is 3.71. The lowest BCUT2D eigenvalue weighted by molar-refractivity contribution is 0.408. The molecule has 1 saturated heterocycles. The summed E-state index contributed by atoms with van der Waals surface area (Å²) in [6.07, 6.45) is 1.21. The van der Waals surface area contributed by atoms with Gasteiger partial charge in [-0.05, 0) is 52.7 Å². The third kappa shape index (κ3) is 3.13. The molecule has 3 rings (SSSR count). The molecule has 19 heavy (non-hydrogen) atoms. The lowest BCUT2D eigenvalue weighted by Gasteiger charge is -2.32. The van der Waals surface area contributed by atoms with E-state index in [1.807, 2.05) is 11.3 Å². The Labute approximate surface area is 134 Å². The number of hydrogen-bond donors (Lipinski definition) is 1. The van der Waals surface area contributed by atoms with Crippen LogP contribution < -0.4 is 5.32 Å². The van der Waals surface area contributed by atoms with Gasteiger partial charge >= 0.3 is 0 Å². The number of benzene rings is 1. The van der Waals surface area contributed by atoms with Crippen LogP contribution in [0.3, 0.4) is 0 Å². The number of halogens is 2. The van der Waals surface area contributed by atoms with Crippen LogP contribution in [0.1, 0.15) is 28.7 Å². The molecule has 0 saturated carbocycles. The minimum absolute atomic E-state index is 0.566. The lowest BCUT2D eigenvalue weighted by Crippen LogP contribution is -2.33. The van der Waals surface area contributed by atoms with Crippen molar-refractivity contribution in [3.05, 3.63) is 55.1 Å². The molecule has 4 heteroatoms. The summed E-state index contributed by atoms with van der Waals surface area (Å²) in [6, 6.07) is 11.0. The quantitative estimate of drug-likeness (QED) is 0.736. The van der Waals surface area contributed by atoms with E-state index < -0.39 is 0 Å². The highest BCUT2D eigenvalue weighted by Gasteiger charge is 2.28. The molecule has 0 amide bonds. The highest BCUT2D eigenvalue weighted by molar-refractivity contribution is 9.10. The highest BCUT2D eigenvalue weighted by Crippen LogP contribution is 2.41. The average Bonchev–Trinajstić information content (AvgIpc) is 2.85. The van der Waals surface area contributed by atoms with Crippen LogP contribution in [0, 0.1) is 0 Å². The predicted molar refractivity (Wildman–Crippen MR) is 89.1 cm³/mol. The lowest BCUT2D eigenvalue weighted by atomic mass is 9.80. The summed E-state index contributed by atoms with van der Waals surface area (Å²) >= 11 is 9.03. The second-order valence-corrected chi connectivity index (χ2v) is 7.70. The Morgan fingerprint density at radius 1 is 1.11 bits per heavy atom. The molecule has 1 N–H and O–H groups in total. The number of hydrogen-bond acceptors (Lipinski definition) is 2. The Balaban J connectivity index is 1.93. The molecule has 2 unspecified atom stereocenters. The number of nitrogens with one attached hydrogen (secondary N) is 1. The number of rotatable bonds is 2. The summed E-state index contributed by atoms with van der Waals surface area (Å²) in [4.78, 5) is 1.50. The SMILES string of the molecule is Brc1cccc(C2CNCCC2c2cc(Br)cs2)c1. The van der Waals surface area contributed by atoms with Gasteiger partial charge in [0.2, 0.25) is 0 Å². The zero-order valence-corrected chi connectivity index (χ0v) is 14.4. The van der Waals surface area contributed by atoms with Crippen molar-refractivity contribution in [2.45, 2.75) is 18.3 Å². The van der Waals surface area contributed by atoms with E-state index in [2.05, 4.69) is 72.9 Å². The van der Waals surface area contributed by atoms with Crippen molar-refractivity contribution < 1.29 is 0 Å². The highest BCUT2D eigenvalue weighted by atomic mass is 79.9. The van der Waals surface area contributed by atoms with Gasteiger partial charge in [0.25, 0.3) is 0 Å². The standard InChI is InChI=1S/C15H15Br2NS/c16-11-3-1-2-10(6-11)14-8-18-5-4-13(14)15-7-12(17)9-19-15/h1-3,6-7,9,13-14,18H,4-5,8H2. The van der Waals surface area contributed by atoms with Crippen molar-refractivity contribution >= 4 is 43.2 Å². The molecule has 1 aliphatic heterocycles. The van der Waals surface area contributed by atoms with Gasteiger partial charge in [-0.1, -0.05) is 28.1 Å². The second-order valence-electron chi connectivity index (χ2n) is 4.93. The van der Waals surface area contributed by atoms with Crippen LogP contribution in [0.15, 0.2) is 44.7 Å². The van der Waals surface area contributed by atoms with Gasteiger partial charge in [0, 0.05) is 37.6 Å².